The van der Waals surface area contributed by atoms with Gasteiger partial charge in [0.15, 0.2) is 0 Å². The van der Waals surface area contributed by atoms with Gasteiger partial charge in [-0.3, -0.25) is 14.7 Å². The zero-order valence-corrected chi connectivity index (χ0v) is 10.5. The van der Waals surface area contributed by atoms with Crippen LogP contribution in [0, 0.1) is 0 Å². The summed E-state index contributed by atoms with van der Waals surface area (Å²) in [5, 5.41) is 11.9. The first-order valence-corrected chi connectivity index (χ1v) is 6.09. The highest BCUT2D eigenvalue weighted by Crippen LogP contribution is 2.08. The summed E-state index contributed by atoms with van der Waals surface area (Å²) in [7, 11) is 0. The molecule has 1 aromatic heterocycles. The monoisotopic (exact) mass is 251 g/mol. The molecule has 0 aliphatic carbocycles. The van der Waals surface area contributed by atoms with E-state index in [1.807, 2.05) is 13.8 Å². The van der Waals surface area contributed by atoms with Crippen molar-refractivity contribution < 1.29 is 9.59 Å². The number of amides is 2. The van der Waals surface area contributed by atoms with Crippen LogP contribution in [0.4, 0.5) is 0 Å². The van der Waals surface area contributed by atoms with Gasteiger partial charge in [0, 0.05) is 12.5 Å². The van der Waals surface area contributed by atoms with Gasteiger partial charge in [0.2, 0.25) is 11.7 Å². The Balaban J connectivity index is 2.00. The fourth-order valence-electron chi connectivity index (χ4n) is 1.77. The molecule has 1 fully saturated rings. The molecule has 18 heavy (non-hydrogen) atoms. The third-order valence-corrected chi connectivity index (χ3v) is 2.84. The largest absolute Gasteiger partial charge is 0.354 e. The van der Waals surface area contributed by atoms with Gasteiger partial charge >= 0.3 is 0 Å². The van der Waals surface area contributed by atoms with E-state index in [9.17, 15) is 9.59 Å². The van der Waals surface area contributed by atoms with Crippen LogP contribution in [-0.2, 0) is 4.79 Å². The fourth-order valence-corrected chi connectivity index (χ4v) is 1.77. The molecule has 1 atom stereocenters. The first-order chi connectivity index (χ1) is 8.58. The minimum Gasteiger partial charge on any atom is -0.354 e. The quantitative estimate of drug-likeness (QED) is 0.700. The molecule has 2 rings (SSSR count). The number of aromatic amines is 1. The van der Waals surface area contributed by atoms with Gasteiger partial charge in [-0.15, -0.1) is 5.10 Å². The molecule has 0 spiro atoms. The number of hydrogen-bond donors (Lipinski definition) is 3. The Labute approximate surface area is 105 Å². The van der Waals surface area contributed by atoms with Crippen LogP contribution in [0.5, 0.6) is 0 Å². The lowest BCUT2D eigenvalue weighted by Gasteiger charge is -2.21. The van der Waals surface area contributed by atoms with Crippen molar-refractivity contribution in [2.75, 3.05) is 6.54 Å². The van der Waals surface area contributed by atoms with E-state index in [4.69, 9.17) is 0 Å². The lowest BCUT2D eigenvalue weighted by Crippen LogP contribution is -2.50. The van der Waals surface area contributed by atoms with Gasteiger partial charge in [-0.25, -0.2) is 4.98 Å². The van der Waals surface area contributed by atoms with Crippen LogP contribution in [0.25, 0.3) is 0 Å². The summed E-state index contributed by atoms with van der Waals surface area (Å²) < 4.78 is 0. The summed E-state index contributed by atoms with van der Waals surface area (Å²) in [6, 6.07) is -0.479. The molecule has 98 valence electrons. The van der Waals surface area contributed by atoms with E-state index in [0.29, 0.717) is 18.8 Å². The van der Waals surface area contributed by atoms with E-state index in [2.05, 4.69) is 25.8 Å². The number of carbonyl (C=O) groups excluding carboxylic acids is 2. The maximum Gasteiger partial charge on any atom is 0.291 e. The molecular formula is C11H17N5O2. The molecule has 1 aliphatic rings. The first-order valence-electron chi connectivity index (χ1n) is 6.09. The summed E-state index contributed by atoms with van der Waals surface area (Å²) in [6.07, 6.45) is 1.51. The number of H-pyrrole nitrogens is 1. The average Bonchev–Trinajstić information content (AvgIpc) is 2.81. The number of rotatable bonds is 3. The van der Waals surface area contributed by atoms with Crippen molar-refractivity contribution in [3.05, 3.63) is 11.6 Å². The normalized spacial score (nSPS) is 19.7. The SMILES string of the molecule is CC(C)c1nc(C(=O)NC2CCCNC2=O)n[nH]1. The fraction of sp³-hybridized carbons (Fsp3) is 0.636. The number of aromatic nitrogens is 3. The van der Waals surface area contributed by atoms with Gasteiger partial charge < -0.3 is 10.6 Å². The van der Waals surface area contributed by atoms with Crippen LogP contribution in [0.15, 0.2) is 0 Å². The molecule has 2 amide bonds. The smallest absolute Gasteiger partial charge is 0.291 e. The molecule has 1 saturated heterocycles. The van der Waals surface area contributed by atoms with E-state index >= 15 is 0 Å². The van der Waals surface area contributed by atoms with Crippen molar-refractivity contribution in [3.63, 3.8) is 0 Å². The van der Waals surface area contributed by atoms with Crippen LogP contribution >= 0.6 is 0 Å². The summed E-state index contributed by atoms with van der Waals surface area (Å²) in [5.74, 6) is 0.358. The van der Waals surface area contributed by atoms with E-state index in [1.54, 1.807) is 0 Å². The van der Waals surface area contributed by atoms with Crippen LogP contribution < -0.4 is 10.6 Å². The number of nitrogens with one attached hydrogen (secondary N) is 3. The predicted octanol–water partition coefficient (Wildman–Crippen LogP) is -0.0635. The lowest BCUT2D eigenvalue weighted by atomic mass is 10.1. The van der Waals surface area contributed by atoms with Gasteiger partial charge in [-0.1, -0.05) is 13.8 Å². The van der Waals surface area contributed by atoms with Crippen molar-refractivity contribution >= 4 is 11.8 Å². The third-order valence-electron chi connectivity index (χ3n) is 2.84. The van der Waals surface area contributed by atoms with Gasteiger partial charge in [-0.05, 0) is 12.8 Å². The van der Waals surface area contributed by atoms with Crippen molar-refractivity contribution in [1.29, 1.82) is 0 Å². The Hall–Kier alpha value is -1.92. The maximum absolute atomic E-state index is 11.9. The van der Waals surface area contributed by atoms with Crippen LogP contribution in [-0.4, -0.2) is 39.6 Å². The zero-order chi connectivity index (χ0) is 13.1. The molecule has 0 aromatic carbocycles. The van der Waals surface area contributed by atoms with Gasteiger partial charge in [0.05, 0.1) is 0 Å². The predicted molar refractivity (Wildman–Crippen MR) is 64.0 cm³/mol. The minimum atomic E-state index is -0.479. The maximum atomic E-state index is 11.9. The molecule has 2 heterocycles. The lowest BCUT2D eigenvalue weighted by molar-refractivity contribution is -0.124. The molecule has 7 heteroatoms. The Morgan fingerprint density at radius 2 is 2.28 bits per heavy atom. The number of hydrogen-bond acceptors (Lipinski definition) is 4. The molecule has 0 bridgehead atoms. The molecule has 1 aromatic rings. The van der Waals surface area contributed by atoms with Crippen LogP contribution in [0.2, 0.25) is 0 Å². The summed E-state index contributed by atoms with van der Waals surface area (Å²) >= 11 is 0. The molecule has 1 unspecified atom stereocenters. The molecule has 3 N–H and O–H groups in total. The summed E-state index contributed by atoms with van der Waals surface area (Å²) in [6.45, 7) is 4.58. The standard InChI is InChI=1S/C11H17N5O2/c1-6(2)8-14-9(16-15-8)11(18)13-7-4-3-5-12-10(7)17/h6-7H,3-5H2,1-2H3,(H,12,17)(H,13,18)(H,14,15,16). The Bertz CT molecular complexity index is 454. The number of carbonyl (C=O) groups is 2. The van der Waals surface area contributed by atoms with Crippen LogP contribution in [0.3, 0.4) is 0 Å². The van der Waals surface area contributed by atoms with Gasteiger partial charge in [-0.2, -0.15) is 0 Å². The van der Waals surface area contributed by atoms with E-state index in [-0.39, 0.29) is 17.6 Å². The van der Waals surface area contributed by atoms with Crippen LogP contribution in [0.1, 0.15) is 49.1 Å². The Kier molecular flexibility index (Phi) is 3.59. The Morgan fingerprint density at radius 1 is 1.50 bits per heavy atom. The van der Waals surface area contributed by atoms with Gasteiger partial charge in [0.1, 0.15) is 11.9 Å². The second kappa shape index (κ2) is 5.16. The third kappa shape index (κ3) is 2.66. The average molecular weight is 251 g/mol. The van der Waals surface area contributed by atoms with E-state index in [0.717, 1.165) is 6.42 Å². The second-order valence-electron chi connectivity index (χ2n) is 4.66. The van der Waals surface area contributed by atoms with E-state index in [1.165, 1.54) is 0 Å². The minimum absolute atomic E-state index is 0.0806. The Morgan fingerprint density at radius 3 is 2.89 bits per heavy atom. The highest BCUT2D eigenvalue weighted by atomic mass is 16.2. The summed E-state index contributed by atoms with van der Waals surface area (Å²) in [5.41, 5.74) is 0. The zero-order valence-electron chi connectivity index (χ0n) is 10.5. The molecular weight excluding hydrogens is 234 g/mol. The highest BCUT2D eigenvalue weighted by Gasteiger charge is 2.25. The second-order valence-corrected chi connectivity index (χ2v) is 4.66. The van der Waals surface area contributed by atoms with Gasteiger partial charge in [0.25, 0.3) is 5.91 Å². The molecule has 0 radical (unpaired) electrons. The molecule has 7 nitrogen and oxygen atoms in total. The molecule has 1 aliphatic heterocycles. The van der Waals surface area contributed by atoms with Crippen molar-refractivity contribution in [3.8, 4) is 0 Å². The highest BCUT2D eigenvalue weighted by molar-refractivity contribution is 5.94. The number of nitrogens with zero attached hydrogens (tertiary/aromatic N) is 2. The number of piperidine rings is 1. The summed E-state index contributed by atoms with van der Waals surface area (Å²) in [4.78, 5) is 27.4. The van der Waals surface area contributed by atoms with Crippen molar-refractivity contribution in [2.45, 2.75) is 38.6 Å². The van der Waals surface area contributed by atoms with Crippen molar-refractivity contribution in [1.82, 2.24) is 25.8 Å². The van der Waals surface area contributed by atoms with Crippen molar-refractivity contribution in [2.24, 2.45) is 0 Å². The van der Waals surface area contributed by atoms with E-state index < -0.39 is 11.9 Å². The molecule has 0 saturated carbocycles. The topological polar surface area (TPSA) is 99.8 Å². The first kappa shape index (κ1) is 12.5.